The van der Waals surface area contributed by atoms with Crippen LogP contribution in [0.3, 0.4) is 0 Å². The third-order valence-electron chi connectivity index (χ3n) is 3.24. The van der Waals surface area contributed by atoms with Crippen LogP contribution in [-0.2, 0) is 9.59 Å². The first kappa shape index (κ1) is 17.2. The molecule has 1 unspecified atom stereocenters. The molecule has 1 atom stereocenters. The van der Waals surface area contributed by atoms with Crippen molar-refractivity contribution in [2.75, 3.05) is 11.9 Å². The Bertz CT molecular complexity index is 512. The number of anilines is 1. The van der Waals surface area contributed by atoms with Crippen LogP contribution in [-0.4, -0.2) is 23.9 Å². The molecule has 0 aliphatic heterocycles. The van der Waals surface area contributed by atoms with Gasteiger partial charge in [0, 0.05) is 12.6 Å². The van der Waals surface area contributed by atoms with Crippen molar-refractivity contribution in [2.24, 2.45) is 0 Å². The predicted octanol–water partition coefficient (Wildman–Crippen LogP) is 2.21. The lowest BCUT2D eigenvalue weighted by molar-refractivity contribution is -0.127. The topological polar surface area (TPSA) is 70.2 Å². The average Bonchev–Trinajstić information content (AvgIpc) is 2.38. The normalized spacial score (nSPS) is 12.6. The highest BCUT2D eigenvalue weighted by Gasteiger charge is 2.27. The summed E-state index contributed by atoms with van der Waals surface area (Å²) in [5, 5.41) is 8.87. The van der Waals surface area contributed by atoms with Crippen LogP contribution >= 0.6 is 0 Å². The Hall–Kier alpha value is -1.88. The molecular weight excluding hydrogens is 266 g/mol. The molecule has 0 bridgehead atoms. The molecule has 0 radical (unpaired) electrons. The number of rotatable bonds is 6. The molecule has 0 heterocycles. The van der Waals surface area contributed by atoms with Crippen molar-refractivity contribution in [3.63, 3.8) is 0 Å². The minimum absolute atomic E-state index is 0.0539. The van der Waals surface area contributed by atoms with Gasteiger partial charge in [-0.05, 0) is 45.0 Å². The van der Waals surface area contributed by atoms with Crippen molar-refractivity contribution in [3.05, 3.63) is 29.8 Å². The predicted molar refractivity (Wildman–Crippen MR) is 85.1 cm³/mol. The molecule has 0 spiro atoms. The van der Waals surface area contributed by atoms with E-state index in [1.54, 1.807) is 0 Å². The zero-order chi connectivity index (χ0) is 16.0. The van der Waals surface area contributed by atoms with Gasteiger partial charge >= 0.3 is 0 Å². The van der Waals surface area contributed by atoms with E-state index in [0.29, 0.717) is 0 Å². The van der Waals surface area contributed by atoms with Crippen LogP contribution in [0.4, 0.5) is 5.69 Å². The van der Waals surface area contributed by atoms with Crippen molar-refractivity contribution < 1.29 is 9.59 Å². The minimum Gasteiger partial charge on any atom is -0.348 e. The van der Waals surface area contributed by atoms with Crippen molar-refractivity contribution in [1.82, 2.24) is 10.6 Å². The van der Waals surface area contributed by atoms with Crippen molar-refractivity contribution >= 4 is 17.5 Å². The van der Waals surface area contributed by atoms with E-state index in [4.69, 9.17) is 0 Å². The second-order valence-corrected chi connectivity index (χ2v) is 5.66. The Balaban J connectivity index is 2.77. The lowest BCUT2D eigenvalue weighted by Crippen LogP contribution is -2.52. The van der Waals surface area contributed by atoms with E-state index in [0.717, 1.165) is 17.8 Å². The first-order valence-electron chi connectivity index (χ1n) is 7.19. The van der Waals surface area contributed by atoms with E-state index in [2.05, 4.69) is 16.0 Å². The monoisotopic (exact) mass is 291 g/mol. The first-order chi connectivity index (χ1) is 9.76. The third kappa shape index (κ3) is 5.19. The molecular formula is C16H25N3O2. The lowest BCUT2D eigenvalue weighted by Gasteiger charge is -2.27. The van der Waals surface area contributed by atoms with Crippen LogP contribution in [0.15, 0.2) is 24.3 Å². The summed E-state index contributed by atoms with van der Waals surface area (Å²) in [6.45, 7) is 9.80. The maximum absolute atomic E-state index is 12.3. The van der Waals surface area contributed by atoms with Crippen LogP contribution in [0.1, 0.15) is 46.2 Å². The zero-order valence-corrected chi connectivity index (χ0v) is 13.4. The van der Waals surface area contributed by atoms with Gasteiger partial charge in [-0.15, -0.1) is 0 Å². The standard InChI is InChI=1S/C16H25N3O2/c1-6-17-16(4,5)15(21)18-11(2)13-8-7-9-14(10-13)19-12(3)20/h7-11,17H,6H2,1-5H3,(H,18,21)(H,19,20). The molecule has 1 rings (SSSR count). The van der Waals surface area contributed by atoms with Gasteiger partial charge in [-0.2, -0.15) is 0 Å². The van der Waals surface area contributed by atoms with Crippen LogP contribution < -0.4 is 16.0 Å². The van der Waals surface area contributed by atoms with E-state index < -0.39 is 5.54 Å². The highest BCUT2D eigenvalue weighted by molar-refractivity contribution is 5.89. The van der Waals surface area contributed by atoms with Gasteiger partial charge in [-0.3, -0.25) is 9.59 Å². The Morgan fingerprint density at radius 2 is 1.95 bits per heavy atom. The third-order valence-corrected chi connectivity index (χ3v) is 3.24. The van der Waals surface area contributed by atoms with E-state index in [1.807, 2.05) is 52.0 Å². The van der Waals surface area contributed by atoms with E-state index >= 15 is 0 Å². The van der Waals surface area contributed by atoms with Crippen LogP contribution in [0.25, 0.3) is 0 Å². The number of hydrogen-bond acceptors (Lipinski definition) is 3. The molecule has 5 nitrogen and oxygen atoms in total. The van der Waals surface area contributed by atoms with Gasteiger partial charge < -0.3 is 16.0 Å². The summed E-state index contributed by atoms with van der Waals surface area (Å²) in [7, 11) is 0. The minimum atomic E-state index is -0.613. The Morgan fingerprint density at radius 1 is 1.29 bits per heavy atom. The SMILES string of the molecule is CCNC(C)(C)C(=O)NC(C)c1cccc(NC(C)=O)c1. The molecule has 0 saturated carbocycles. The largest absolute Gasteiger partial charge is 0.348 e. The number of likely N-dealkylation sites (N-methyl/N-ethyl adjacent to an activating group) is 1. The molecule has 0 aliphatic rings. The number of carbonyl (C=O) groups is 2. The average molecular weight is 291 g/mol. The number of carbonyl (C=O) groups excluding carboxylic acids is 2. The Morgan fingerprint density at radius 3 is 2.52 bits per heavy atom. The van der Waals surface area contributed by atoms with Crippen LogP contribution in [0.2, 0.25) is 0 Å². The summed E-state index contributed by atoms with van der Waals surface area (Å²) in [5.74, 6) is -0.168. The molecule has 2 amide bonds. The highest BCUT2D eigenvalue weighted by atomic mass is 16.2. The van der Waals surface area contributed by atoms with E-state index in [-0.39, 0.29) is 17.9 Å². The maximum Gasteiger partial charge on any atom is 0.240 e. The summed E-state index contributed by atoms with van der Waals surface area (Å²) in [5.41, 5.74) is 1.06. The molecule has 5 heteroatoms. The van der Waals surface area contributed by atoms with Gasteiger partial charge in [0.05, 0.1) is 11.6 Å². The quantitative estimate of drug-likeness (QED) is 0.752. The molecule has 116 valence electrons. The second-order valence-electron chi connectivity index (χ2n) is 5.66. The van der Waals surface area contributed by atoms with Gasteiger partial charge in [-0.25, -0.2) is 0 Å². The fourth-order valence-corrected chi connectivity index (χ4v) is 2.07. The Kier molecular flexibility index (Phi) is 5.90. The number of hydrogen-bond donors (Lipinski definition) is 3. The molecule has 0 aromatic heterocycles. The maximum atomic E-state index is 12.3. The van der Waals surface area contributed by atoms with Gasteiger partial charge in [0.1, 0.15) is 0 Å². The summed E-state index contributed by atoms with van der Waals surface area (Å²) in [6, 6.07) is 7.34. The van der Waals surface area contributed by atoms with Gasteiger partial charge in [-0.1, -0.05) is 19.1 Å². The van der Waals surface area contributed by atoms with Crippen molar-refractivity contribution in [3.8, 4) is 0 Å². The summed E-state index contributed by atoms with van der Waals surface area (Å²) >= 11 is 0. The van der Waals surface area contributed by atoms with Crippen molar-refractivity contribution in [1.29, 1.82) is 0 Å². The fourth-order valence-electron chi connectivity index (χ4n) is 2.07. The van der Waals surface area contributed by atoms with Gasteiger partial charge in [0.15, 0.2) is 0 Å². The molecule has 0 saturated heterocycles. The molecule has 0 fully saturated rings. The smallest absolute Gasteiger partial charge is 0.240 e. The second kappa shape index (κ2) is 7.22. The van der Waals surface area contributed by atoms with Gasteiger partial charge in [0.2, 0.25) is 11.8 Å². The fraction of sp³-hybridized carbons (Fsp3) is 0.500. The molecule has 21 heavy (non-hydrogen) atoms. The molecule has 0 aliphatic carbocycles. The van der Waals surface area contributed by atoms with E-state index in [1.165, 1.54) is 6.92 Å². The van der Waals surface area contributed by atoms with Crippen LogP contribution in [0, 0.1) is 0 Å². The Labute approximate surface area is 126 Å². The molecule has 1 aromatic carbocycles. The summed E-state index contributed by atoms with van der Waals surface area (Å²) < 4.78 is 0. The van der Waals surface area contributed by atoms with E-state index in [9.17, 15) is 9.59 Å². The first-order valence-corrected chi connectivity index (χ1v) is 7.19. The van der Waals surface area contributed by atoms with Crippen LogP contribution in [0.5, 0.6) is 0 Å². The summed E-state index contributed by atoms with van der Waals surface area (Å²) in [6.07, 6.45) is 0. The number of amides is 2. The number of benzene rings is 1. The highest BCUT2D eigenvalue weighted by Crippen LogP contribution is 2.18. The number of nitrogens with one attached hydrogen (secondary N) is 3. The summed E-state index contributed by atoms with van der Waals surface area (Å²) in [4.78, 5) is 23.3. The molecule has 3 N–H and O–H groups in total. The van der Waals surface area contributed by atoms with Gasteiger partial charge in [0.25, 0.3) is 0 Å². The lowest BCUT2D eigenvalue weighted by atomic mass is 10.0. The molecule has 1 aromatic rings. The van der Waals surface area contributed by atoms with Crippen molar-refractivity contribution in [2.45, 2.75) is 46.2 Å². The zero-order valence-electron chi connectivity index (χ0n) is 13.4.